The molecule has 4 nitrogen and oxygen atoms in total. The molecule has 0 fully saturated rings. The highest BCUT2D eigenvalue weighted by molar-refractivity contribution is 6.55. The van der Waals surface area contributed by atoms with E-state index in [1.807, 2.05) is 26.8 Å². The van der Waals surface area contributed by atoms with Gasteiger partial charge in [-0.25, -0.2) is 0 Å². The van der Waals surface area contributed by atoms with Crippen molar-refractivity contribution in [3.63, 3.8) is 0 Å². The van der Waals surface area contributed by atoms with E-state index in [0.717, 1.165) is 23.4 Å². The number of hydrogen-bond acceptors (Lipinski definition) is 4. The Balaban J connectivity index is 0.000000972. The number of halogens is 3. The van der Waals surface area contributed by atoms with Gasteiger partial charge >= 0.3 is 0 Å². The van der Waals surface area contributed by atoms with E-state index in [1.54, 1.807) is 12.1 Å². The first-order valence-electron chi connectivity index (χ1n) is 8.93. The second kappa shape index (κ2) is 15.9. The van der Waals surface area contributed by atoms with Crippen LogP contribution in [0, 0.1) is 6.92 Å². The normalized spacial score (nSPS) is 9.63. The quantitative estimate of drug-likeness (QED) is 0.218. The van der Waals surface area contributed by atoms with E-state index < -0.39 is 0 Å². The van der Waals surface area contributed by atoms with Gasteiger partial charge in [0, 0.05) is 6.07 Å². The summed E-state index contributed by atoms with van der Waals surface area (Å²) in [5, 5.41) is 4.10. The summed E-state index contributed by atoms with van der Waals surface area (Å²) in [6, 6.07) is 3.63. The van der Waals surface area contributed by atoms with Gasteiger partial charge in [0.25, 0.3) is 0 Å². The van der Waals surface area contributed by atoms with Gasteiger partial charge in [0.05, 0.1) is 17.3 Å². The Morgan fingerprint density at radius 2 is 1.81 bits per heavy atom. The highest BCUT2D eigenvalue weighted by Crippen LogP contribution is 2.33. The average Bonchev–Trinajstić information content (AvgIpc) is 2.57. The van der Waals surface area contributed by atoms with Crippen LogP contribution in [0.5, 0.6) is 11.5 Å². The van der Waals surface area contributed by atoms with E-state index in [1.165, 1.54) is 26.4 Å². The Kier molecular flexibility index (Phi) is 15.3. The molecule has 27 heavy (non-hydrogen) atoms. The van der Waals surface area contributed by atoms with E-state index in [2.05, 4.69) is 16.9 Å². The SMILES string of the molecule is CCCCCCOc1c(C)cc(OCC=C(Cl)Cl)cc1Cl.CON=C(C)C. The number of nitrogens with zero attached hydrogens (tertiary/aromatic N) is 1. The molecule has 1 aromatic carbocycles. The van der Waals surface area contributed by atoms with Gasteiger partial charge in [-0.1, -0.05) is 66.1 Å². The lowest BCUT2D eigenvalue weighted by molar-refractivity contribution is 0.213. The first-order valence-corrected chi connectivity index (χ1v) is 10.1. The number of ether oxygens (including phenoxy) is 2. The van der Waals surface area contributed by atoms with Crippen LogP contribution in [0.2, 0.25) is 5.02 Å². The van der Waals surface area contributed by atoms with Crippen LogP contribution >= 0.6 is 34.8 Å². The molecule has 0 bridgehead atoms. The topological polar surface area (TPSA) is 40.0 Å². The molecule has 0 atom stereocenters. The summed E-state index contributed by atoms with van der Waals surface area (Å²) < 4.78 is 11.5. The molecule has 0 aliphatic carbocycles. The zero-order chi connectivity index (χ0) is 20.7. The summed E-state index contributed by atoms with van der Waals surface area (Å²) in [6.07, 6.45) is 6.25. The fourth-order valence-corrected chi connectivity index (χ4v) is 2.49. The van der Waals surface area contributed by atoms with Crippen LogP contribution in [0.15, 0.2) is 27.9 Å². The first-order chi connectivity index (χ1) is 12.8. The molecule has 0 saturated carbocycles. The molecule has 154 valence electrons. The van der Waals surface area contributed by atoms with Gasteiger partial charge in [-0.05, 0) is 44.9 Å². The van der Waals surface area contributed by atoms with Crippen LogP contribution in [-0.4, -0.2) is 26.0 Å². The van der Waals surface area contributed by atoms with Crippen molar-refractivity contribution in [1.29, 1.82) is 0 Å². The molecular formula is C20H30Cl3NO3. The predicted octanol–water partition coefficient (Wildman–Crippen LogP) is 7.33. The average molecular weight is 439 g/mol. The van der Waals surface area contributed by atoms with Gasteiger partial charge in [-0.2, -0.15) is 0 Å². The molecule has 0 aliphatic rings. The maximum absolute atomic E-state index is 6.24. The number of benzene rings is 1. The largest absolute Gasteiger partial charge is 0.492 e. The lowest BCUT2D eigenvalue weighted by Crippen LogP contribution is -2.01. The Hall–Kier alpha value is -1.10. The molecule has 0 heterocycles. The minimum absolute atomic E-state index is 0.185. The summed E-state index contributed by atoms with van der Waals surface area (Å²) in [5.41, 5.74) is 1.89. The van der Waals surface area contributed by atoms with Gasteiger partial charge in [0.2, 0.25) is 0 Å². The molecule has 0 saturated heterocycles. The number of rotatable bonds is 10. The number of aryl methyl sites for hydroxylation is 1. The summed E-state index contributed by atoms with van der Waals surface area (Å²) in [5.74, 6) is 1.40. The number of unbranched alkanes of at least 4 members (excludes halogenated alkanes) is 3. The van der Waals surface area contributed by atoms with E-state index >= 15 is 0 Å². The van der Waals surface area contributed by atoms with Crippen LogP contribution < -0.4 is 9.47 Å². The summed E-state index contributed by atoms with van der Waals surface area (Å²) in [4.78, 5) is 4.39. The summed E-state index contributed by atoms with van der Waals surface area (Å²) >= 11 is 17.3. The van der Waals surface area contributed by atoms with E-state index in [9.17, 15) is 0 Å². The highest BCUT2D eigenvalue weighted by atomic mass is 35.5. The van der Waals surface area contributed by atoms with Crippen molar-refractivity contribution in [3.8, 4) is 11.5 Å². The molecule has 0 aromatic heterocycles. The Labute approximate surface area is 178 Å². The lowest BCUT2D eigenvalue weighted by atomic mass is 10.2. The fraction of sp³-hybridized carbons (Fsp3) is 0.550. The predicted molar refractivity (Wildman–Crippen MR) is 117 cm³/mol. The minimum atomic E-state index is 0.185. The number of oxime groups is 1. The van der Waals surface area contributed by atoms with Crippen LogP contribution in [0.3, 0.4) is 0 Å². The molecule has 1 rings (SSSR count). The van der Waals surface area contributed by atoms with Crippen molar-refractivity contribution < 1.29 is 14.3 Å². The van der Waals surface area contributed by atoms with Crippen molar-refractivity contribution in [3.05, 3.63) is 33.3 Å². The molecule has 0 N–H and O–H groups in total. The summed E-state index contributed by atoms with van der Waals surface area (Å²) in [7, 11) is 1.53. The Morgan fingerprint density at radius 1 is 1.11 bits per heavy atom. The molecule has 0 spiro atoms. The third-order valence-electron chi connectivity index (χ3n) is 3.21. The smallest absolute Gasteiger partial charge is 0.141 e. The maximum Gasteiger partial charge on any atom is 0.141 e. The van der Waals surface area contributed by atoms with E-state index in [4.69, 9.17) is 44.3 Å². The Morgan fingerprint density at radius 3 is 2.30 bits per heavy atom. The Bertz CT molecular complexity index is 573. The maximum atomic E-state index is 6.24. The van der Waals surface area contributed by atoms with E-state index in [0.29, 0.717) is 24.0 Å². The van der Waals surface area contributed by atoms with Gasteiger partial charge in [-0.3, -0.25) is 0 Å². The van der Waals surface area contributed by atoms with Gasteiger partial charge in [0.1, 0.15) is 29.7 Å². The molecule has 0 unspecified atom stereocenters. The molecule has 1 aromatic rings. The molecule has 0 aliphatic heterocycles. The number of hydrogen-bond donors (Lipinski definition) is 0. The van der Waals surface area contributed by atoms with Crippen LogP contribution in [-0.2, 0) is 4.84 Å². The zero-order valence-electron chi connectivity index (χ0n) is 16.8. The van der Waals surface area contributed by atoms with Crippen molar-refractivity contribution in [1.82, 2.24) is 0 Å². The van der Waals surface area contributed by atoms with Gasteiger partial charge < -0.3 is 14.3 Å². The lowest BCUT2D eigenvalue weighted by Gasteiger charge is -2.13. The molecule has 0 radical (unpaired) electrons. The standard InChI is InChI=1S/C16H21Cl3O2.C4H9NO/c1-3-4-5-6-8-21-16-12(2)10-13(11-14(16)17)20-9-7-15(18)19;1-4(2)5-6-3/h7,10-11H,3-6,8-9H2,1-2H3;1-3H3. The van der Waals surface area contributed by atoms with Crippen LogP contribution in [0.4, 0.5) is 0 Å². The molecule has 7 heteroatoms. The summed E-state index contributed by atoms with van der Waals surface area (Å²) in [6.45, 7) is 8.88. The van der Waals surface area contributed by atoms with Crippen molar-refractivity contribution in [2.24, 2.45) is 5.16 Å². The van der Waals surface area contributed by atoms with Crippen molar-refractivity contribution in [2.45, 2.75) is 53.4 Å². The molecule has 0 amide bonds. The third kappa shape index (κ3) is 13.7. The van der Waals surface area contributed by atoms with Gasteiger partial charge in [-0.15, -0.1) is 0 Å². The highest BCUT2D eigenvalue weighted by Gasteiger charge is 2.08. The van der Waals surface area contributed by atoms with Crippen LogP contribution in [0.1, 0.15) is 52.0 Å². The third-order valence-corrected chi connectivity index (χ3v) is 3.80. The van der Waals surface area contributed by atoms with Crippen molar-refractivity contribution in [2.75, 3.05) is 20.3 Å². The second-order valence-electron chi connectivity index (χ2n) is 5.99. The monoisotopic (exact) mass is 437 g/mol. The molecular weight excluding hydrogens is 409 g/mol. The van der Waals surface area contributed by atoms with Gasteiger partial charge in [0.15, 0.2) is 0 Å². The second-order valence-corrected chi connectivity index (χ2v) is 7.40. The first kappa shape index (κ1) is 25.9. The minimum Gasteiger partial charge on any atom is -0.492 e. The van der Waals surface area contributed by atoms with Crippen molar-refractivity contribution >= 4 is 40.5 Å². The fourth-order valence-electron chi connectivity index (χ4n) is 2.05. The van der Waals surface area contributed by atoms with E-state index in [-0.39, 0.29) is 4.49 Å². The zero-order valence-corrected chi connectivity index (χ0v) is 19.0. The van der Waals surface area contributed by atoms with Crippen LogP contribution in [0.25, 0.3) is 0 Å².